The highest BCUT2D eigenvalue weighted by Crippen LogP contribution is 2.26. The number of hydrogen-bond acceptors (Lipinski definition) is 4. The Kier molecular flexibility index (Phi) is 8.26. The minimum atomic E-state index is 0.439. The lowest BCUT2D eigenvalue weighted by molar-refractivity contribution is 1.08. The molecule has 0 saturated heterocycles. The van der Waals surface area contributed by atoms with Crippen LogP contribution in [-0.4, -0.2) is 20.2 Å². The van der Waals surface area contributed by atoms with Crippen LogP contribution in [0.3, 0.4) is 0 Å². The zero-order chi connectivity index (χ0) is 17.8. The molecule has 0 spiro atoms. The number of anilines is 2. The van der Waals surface area contributed by atoms with Crippen molar-refractivity contribution < 1.29 is 0 Å². The number of nitrogens with zero attached hydrogens (tertiary/aromatic N) is 4. The fourth-order valence-corrected chi connectivity index (χ4v) is 1.76. The average molecular weight is 322 g/mol. The van der Waals surface area contributed by atoms with E-state index < -0.39 is 0 Å². The van der Waals surface area contributed by atoms with Crippen LogP contribution in [0.15, 0.2) is 48.8 Å². The molecule has 124 valence electrons. The van der Waals surface area contributed by atoms with Gasteiger partial charge in [0.05, 0.1) is 24.2 Å². The Morgan fingerprint density at radius 3 is 2.42 bits per heavy atom. The molecule has 2 aromatic heterocycles. The van der Waals surface area contributed by atoms with Crippen LogP contribution in [0, 0.1) is 6.57 Å². The molecular weight excluding hydrogens is 300 g/mol. The van der Waals surface area contributed by atoms with E-state index in [4.69, 9.17) is 6.57 Å². The van der Waals surface area contributed by atoms with Crippen molar-refractivity contribution in [1.82, 2.24) is 20.2 Å². The number of para-hydroxylation sites is 1. The van der Waals surface area contributed by atoms with Gasteiger partial charge < -0.3 is 5.32 Å². The van der Waals surface area contributed by atoms with E-state index in [1.54, 1.807) is 12.3 Å². The highest BCUT2D eigenvalue weighted by molar-refractivity contribution is 5.72. The summed E-state index contributed by atoms with van der Waals surface area (Å²) in [4.78, 5) is 11.9. The normalized spacial score (nSPS) is 8.79. The first-order valence-electron chi connectivity index (χ1n) is 7.93. The quantitative estimate of drug-likeness (QED) is 0.649. The minimum Gasteiger partial charge on any atom is -0.324 e. The van der Waals surface area contributed by atoms with Gasteiger partial charge in [0, 0.05) is 11.9 Å². The molecule has 6 heteroatoms. The molecule has 3 aromatic rings. The van der Waals surface area contributed by atoms with Gasteiger partial charge >= 0.3 is 0 Å². The summed E-state index contributed by atoms with van der Waals surface area (Å²) in [6.07, 6.45) is 3.12. The molecule has 0 fully saturated rings. The second-order valence-corrected chi connectivity index (χ2v) is 4.00. The van der Waals surface area contributed by atoms with Crippen LogP contribution >= 0.6 is 0 Å². The van der Waals surface area contributed by atoms with Crippen LogP contribution in [0.2, 0.25) is 0 Å². The van der Waals surface area contributed by atoms with E-state index >= 15 is 0 Å². The molecule has 0 atom stereocenters. The summed E-state index contributed by atoms with van der Waals surface area (Å²) in [5.41, 5.74) is 2.56. The van der Waals surface area contributed by atoms with Gasteiger partial charge in [-0.05, 0) is 18.2 Å². The molecule has 2 N–H and O–H groups in total. The van der Waals surface area contributed by atoms with E-state index in [2.05, 4.69) is 30.3 Å². The van der Waals surface area contributed by atoms with Crippen LogP contribution in [-0.2, 0) is 0 Å². The van der Waals surface area contributed by atoms with Crippen molar-refractivity contribution in [1.29, 1.82) is 0 Å². The number of H-pyrrole nitrogens is 1. The molecular formula is C18H22N6. The topological polar surface area (TPSA) is 70.8 Å². The van der Waals surface area contributed by atoms with Crippen LogP contribution in [0.1, 0.15) is 27.7 Å². The van der Waals surface area contributed by atoms with Crippen LogP contribution in [0.25, 0.3) is 16.2 Å². The molecule has 6 nitrogen and oxygen atoms in total. The maximum atomic E-state index is 7.09. The molecule has 1 aromatic carbocycles. The number of aromatic nitrogens is 4. The molecule has 0 unspecified atom stereocenters. The van der Waals surface area contributed by atoms with Gasteiger partial charge in [0.15, 0.2) is 0 Å². The lowest BCUT2D eigenvalue weighted by Crippen LogP contribution is -1.97. The van der Waals surface area contributed by atoms with Gasteiger partial charge in [0.25, 0.3) is 0 Å². The highest BCUT2D eigenvalue weighted by Gasteiger charge is 2.09. The van der Waals surface area contributed by atoms with Gasteiger partial charge in [-0.3, -0.25) is 5.10 Å². The molecule has 0 amide bonds. The van der Waals surface area contributed by atoms with Crippen LogP contribution < -0.4 is 5.32 Å². The summed E-state index contributed by atoms with van der Waals surface area (Å²) < 4.78 is 0. The Hall–Kier alpha value is -3.20. The van der Waals surface area contributed by atoms with Crippen molar-refractivity contribution in [3.8, 4) is 11.4 Å². The van der Waals surface area contributed by atoms with Gasteiger partial charge in [0.2, 0.25) is 11.6 Å². The zero-order valence-corrected chi connectivity index (χ0v) is 14.4. The first-order valence-corrected chi connectivity index (χ1v) is 7.93. The lowest BCUT2D eigenvalue weighted by Gasteiger charge is -2.05. The smallest absolute Gasteiger partial charge is 0.233 e. The van der Waals surface area contributed by atoms with Gasteiger partial charge in [-0.15, -0.1) is 0 Å². The fraction of sp³-hybridized carbons (Fsp3) is 0.222. The molecule has 0 saturated carbocycles. The Morgan fingerprint density at radius 1 is 1.04 bits per heavy atom. The first-order chi connectivity index (χ1) is 11.9. The predicted octanol–water partition coefficient (Wildman–Crippen LogP) is 5.21. The summed E-state index contributed by atoms with van der Waals surface area (Å²) in [6, 6.07) is 11.4. The molecule has 24 heavy (non-hydrogen) atoms. The van der Waals surface area contributed by atoms with Crippen LogP contribution in [0.4, 0.5) is 17.3 Å². The Labute approximate surface area is 142 Å². The number of benzene rings is 1. The molecule has 0 aliphatic heterocycles. The standard InChI is InChI=1S/C14H10N6.2C2H6/c1-15-12-9-17-20-13(12)11-7-8-16-14(19-11)18-10-5-3-2-4-6-10;2*1-2/h2-9H,(H,17,20)(H,16,18,19);2*1-2H3. The van der Waals surface area contributed by atoms with Crippen molar-refractivity contribution in [3.63, 3.8) is 0 Å². The number of rotatable bonds is 3. The monoisotopic (exact) mass is 322 g/mol. The van der Waals surface area contributed by atoms with Crippen LogP contribution in [0.5, 0.6) is 0 Å². The van der Waals surface area contributed by atoms with Crippen molar-refractivity contribution in [3.05, 3.63) is 60.2 Å². The van der Waals surface area contributed by atoms with Gasteiger partial charge in [-0.1, -0.05) is 45.9 Å². The summed E-state index contributed by atoms with van der Waals surface area (Å²) >= 11 is 0. The van der Waals surface area contributed by atoms with Gasteiger partial charge in [-0.25, -0.2) is 14.8 Å². The fourth-order valence-electron chi connectivity index (χ4n) is 1.76. The largest absolute Gasteiger partial charge is 0.324 e. The van der Waals surface area contributed by atoms with E-state index in [9.17, 15) is 0 Å². The predicted molar refractivity (Wildman–Crippen MR) is 98.3 cm³/mol. The van der Waals surface area contributed by atoms with E-state index in [-0.39, 0.29) is 0 Å². The summed E-state index contributed by atoms with van der Waals surface area (Å²) in [7, 11) is 0. The molecule has 0 bridgehead atoms. The number of nitrogens with one attached hydrogen (secondary N) is 2. The van der Waals surface area contributed by atoms with Crippen molar-refractivity contribution in [2.24, 2.45) is 0 Å². The maximum absolute atomic E-state index is 7.09. The molecule has 3 rings (SSSR count). The van der Waals surface area contributed by atoms with Gasteiger partial charge in [0.1, 0.15) is 0 Å². The Morgan fingerprint density at radius 2 is 1.75 bits per heavy atom. The minimum absolute atomic E-state index is 0.439. The second-order valence-electron chi connectivity index (χ2n) is 4.00. The van der Waals surface area contributed by atoms with Crippen molar-refractivity contribution in [2.75, 3.05) is 5.32 Å². The first kappa shape index (κ1) is 18.8. The third kappa shape index (κ3) is 4.92. The van der Waals surface area contributed by atoms with Crippen molar-refractivity contribution in [2.45, 2.75) is 27.7 Å². The van der Waals surface area contributed by atoms with E-state index in [0.29, 0.717) is 23.0 Å². The van der Waals surface area contributed by atoms with Gasteiger partial charge in [-0.2, -0.15) is 5.10 Å². The maximum Gasteiger partial charge on any atom is 0.233 e. The Balaban J connectivity index is 0.000000671. The lowest BCUT2D eigenvalue weighted by atomic mass is 10.3. The molecule has 0 aliphatic carbocycles. The average Bonchev–Trinajstić information content (AvgIpc) is 3.15. The molecule has 0 aliphatic rings. The molecule has 2 heterocycles. The SMILES string of the molecule is CC.CC.[C-]#[N+]c1cn[nH]c1-c1ccnc(Nc2ccccc2)n1. The summed E-state index contributed by atoms with van der Waals surface area (Å²) in [5, 5.41) is 9.76. The Bertz CT molecular complexity index is 758. The second kappa shape index (κ2) is 10.5. The number of hydrogen-bond donors (Lipinski definition) is 2. The number of aromatic amines is 1. The zero-order valence-electron chi connectivity index (χ0n) is 14.4. The summed E-state index contributed by atoms with van der Waals surface area (Å²) in [5.74, 6) is 0.472. The third-order valence-electron chi connectivity index (χ3n) is 2.68. The summed E-state index contributed by atoms with van der Waals surface area (Å²) in [6.45, 7) is 15.1. The molecule has 0 radical (unpaired) electrons. The van der Waals surface area contributed by atoms with E-state index in [0.717, 1.165) is 5.69 Å². The highest BCUT2D eigenvalue weighted by atomic mass is 15.1. The van der Waals surface area contributed by atoms with Crippen molar-refractivity contribution >= 4 is 17.3 Å². The third-order valence-corrected chi connectivity index (χ3v) is 2.68. The van der Waals surface area contributed by atoms with E-state index in [1.165, 1.54) is 6.20 Å². The van der Waals surface area contributed by atoms with E-state index in [1.807, 2.05) is 58.0 Å².